The van der Waals surface area contributed by atoms with E-state index in [4.69, 9.17) is 0 Å². The second-order valence-corrected chi connectivity index (χ2v) is 3.67. The lowest BCUT2D eigenvalue weighted by atomic mass is 14.0. The molecular formula is H3NO6S2. The van der Waals surface area contributed by atoms with Crippen molar-refractivity contribution in [2.24, 2.45) is 0 Å². The molecule has 1 saturated heterocycles. The Morgan fingerprint density at radius 2 is 1.00 bits per heavy atom. The molecule has 9 heavy (non-hydrogen) atoms. The molecule has 3 N–H and O–H groups in total. The van der Waals surface area contributed by atoms with Crippen LogP contribution in [0, 0.1) is 0 Å². The van der Waals surface area contributed by atoms with Crippen molar-refractivity contribution in [2.75, 3.05) is 0 Å². The molecule has 9 heteroatoms. The van der Waals surface area contributed by atoms with Crippen LogP contribution in [0.4, 0.5) is 0 Å². The van der Waals surface area contributed by atoms with Gasteiger partial charge in [-0.2, -0.15) is 16.8 Å². The maximum Gasteiger partial charge on any atom is 0.432 e. The van der Waals surface area contributed by atoms with Gasteiger partial charge in [-0.1, -0.05) is 7.26 Å². The third-order valence-corrected chi connectivity index (χ3v) is 3.00. The second-order valence-electron chi connectivity index (χ2n) is 0.953. The Balaban J connectivity index is 0.000000640. The summed E-state index contributed by atoms with van der Waals surface area (Å²) < 4.78 is 45.2. The van der Waals surface area contributed by atoms with E-state index in [9.17, 15) is 16.8 Å². The van der Waals surface area contributed by atoms with Gasteiger partial charge in [0, 0.05) is 0 Å². The molecule has 56 valence electrons. The number of hydrogen-bond donors (Lipinski definition) is 1. The van der Waals surface area contributed by atoms with Crippen LogP contribution in [0.3, 0.4) is 0 Å². The molecule has 0 aliphatic carbocycles. The van der Waals surface area contributed by atoms with Gasteiger partial charge in [0.15, 0.2) is 0 Å². The minimum Gasteiger partial charge on any atom is -0.344 e. The van der Waals surface area contributed by atoms with Crippen molar-refractivity contribution >= 4 is 20.8 Å². The molecule has 0 unspecified atom stereocenters. The Morgan fingerprint density at radius 1 is 0.778 bits per heavy atom. The van der Waals surface area contributed by atoms with Gasteiger partial charge < -0.3 is 6.15 Å². The molecule has 0 aromatic rings. The molecule has 0 bridgehead atoms. The van der Waals surface area contributed by atoms with Crippen molar-refractivity contribution in [3.63, 3.8) is 0 Å². The Labute approximate surface area is 51.8 Å². The maximum absolute atomic E-state index is 9.68. The highest BCUT2D eigenvalue weighted by atomic mass is 32.4. The molecule has 0 amide bonds. The zero-order chi connectivity index (χ0) is 6.41. The Bertz CT molecular complexity index is 231. The molecule has 1 fully saturated rings. The zero-order valence-corrected chi connectivity index (χ0v) is 5.61. The smallest absolute Gasteiger partial charge is 0.344 e. The largest absolute Gasteiger partial charge is 0.432 e. The van der Waals surface area contributed by atoms with E-state index in [1.807, 2.05) is 0 Å². The SMILES string of the molecule is N.O=S1(=O)OS(=O)(=O)O1. The highest BCUT2D eigenvalue weighted by Crippen LogP contribution is 2.18. The molecule has 0 saturated carbocycles. The van der Waals surface area contributed by atoms with E-state index < -0.39 is 20.8 Å². The third kappa shape index (κ3) is 1.87. The molecule has 0 aromatic heterocycles. The van der Waals surface area contributed by atoms with Gasteiger partial charge in [0.2, 0.25) is 0 Å². The molecule has 7 nitrogen and oxygen atoms in total. The first-order valence-electron chi connectivity index (χ1n) is 1.33. The van der Waals surface area contributed by atoms with E-state index in [1.165, 1.54) is 0 Å². The van der Waals surface area contributed by atoms with Crippen LogP contribution in [0.25, 0.3) is 0 Å². The maximum atomic E-state index is 9.68. The highest BCUT2D eigenvalue weighted by molar-refractivity contribution is 8.08. The van der Waals surface area contributed by atoms with Crippen LogP contribution in [0.5, 0.6) is 0 Å². The molecule has 0 aromatic carbocycles. The predicted molar refractivity (Wildman–Crippen MR) is 25.0 cm³/mol. The molecule has 1 rings (SSSR count). The lowest BCUT2D eigenvalue weighted by Gasteiger charge is -2.09. The number of hydrogen-bond acceptors (Lipinski definition) is 7. The fourth-order valence-electron chi connectivity index (χ4n) is 0.209. The summed E-state index contributed by atoms with van der Waals surface area (Å²) in [4.78, 5) is 0. The van der Waals surface area contributed by atoms with Gasteiger partial charge >= 0.3 is 20.8 Å². The average molecular weight is 177 g/mol. The van der Waals surface area contributed by atoms with Crippen LogP contribution in [-0.2, 0) is 28.1 Å². The van der Waals surface area contributed by atoms with Crippen LogP contribution in [0.2, 0.25) is 0 Å². The van der Waals surface area contributed by atoms with Gasteiger partial charge in [-0.25, -0.2) is 0 Å². The Kier molecular flexibility index (Phi) is 1.84. The molecule has 1 heterocycles. The Hall–Kier alpha value is -0.220. The molecule has 0 radical (unpaired) electrons. The van der Waals surface area contributed by atoms with Crippen LogP contribution in [0.15, 0.2) is 0 Å². The van der Waals surface area contributed by atoms with Crippen LogP contribution in [-0.4, -0.2) is 16.8 Å². The van der Waals surface area contributed by atoms with Crippen molar-refractivity contribution in [3.8, 4) is 0 Å². The normalized spacial score (nSPS) is 27.6. The van der Waals surface area contributed by atoms with E-state index in [0.29, 0.717) is 0 Å². The average Bonchev–Trinajstić information content (AvgIpc) is 1.20. The lowest BCUT2D eigenvalue weighted by molar-refractivity contribution is 0.293. The third-order valence-electron chi connectivity index (χ3n) is 0.333. The zero-order valence-electron chi connectivity index (χ0n) is 3.97. The summed E-state index contributed by atoms with van der Waals surface area (Å²) in [7, 11) is -8.35. The van der Waals surface area contributed by atoms with E-state index in [1.54, 1.807) is 0 Å². The first-order valence-corrected chi connectivity index (χ1v) is 4.00. The van der Waals surface area contributed by atoms with Crippen molar-refractivity contribution in [1.29, 1.82) is 0 Å². The van der Waals surface area contributed by atoms with Crippen LogP contribution >= 0.6 is 0 Å². The first kappa shape index (κ1) is 8.78. The summed E-state index contributed by atoms with van der Waals surface area (Å²) in [5, 5.41) is 0. The summed E-state index contributed by atoms with van der Waals surface area (Å²) in [6, 6.07) is 0. The first-order chi connectivity index (χ1) is 3.41. The van der Waals surface area contributed by atoms with Gasteiger partial charge in [-0.3, -0.25) is 0 Å². The van der Waals surface area contributed by atoms with E-state index >= 15 is 0 Å². The fraction of sp³-hybridized carbons (Fsp3) is 0. The summed E-state index contributed by atoms with van der Waals surface area (Å²) in [5.41, 5.74) is 0. The monoisotopic (exact) mass is 177 g/mol. The lowest BCUT2D eigenvalue weighted by Crippen LogP contribution is -2.30. The molecule has 0 atom stereocenters. The summed E-state index contributed by atoms with van der Waals surface area (Å²) >= 11 is 0. The van der Waals surface area contributed by atoms with Crippen molar-refractivity contribution < 1.29 is 24.1 Å². The minimum absolute atomic E-state index is 0. The predicted octanol–water partition coefficient (Wildman–Crippen LogP) is -1.32. The van der Waals surface area contributed by atoms with E-state index in [-0.39, 0.29) is 6.15 Å². The molecule has 1 aliphatic rings. The van der Waals surface area contributed by atoms with Gasteiger partial charge in [0.05, 0.1) is 0 Å². The van der Waals surface area contributed by atoms with Gasteiger partial charge in [0.1, 0.15) is 0 Å². The second kappa shape index (κ2) is 1.88. The molecular weight excluding hydrogens is 174 g/mol. The van der Waals surface area contributed by atoms with E-state index in [0.717, 1.165) is 0 Å². The minimum atomic E-state index is -4.18. The topological polar surface area (TPSA) is 122 Å². The van der Waals surface area contributed by atoms with Crippen molar-refractivity contribution in [2.45, 2.75) is 0 Å². The van der Waals surface area contributed by atoms with Gasteiger partial charge in [-0.15, -0.1) is 0 Å². The highest BCUT2D eigenvalue weighted by Gasteiger charge is 2.42. The van der Waals surface area contributed by atoms with Crippen LogP contribution < -0.4 is 6.15 Å². The molecule has 0 spiro atoms. The van der Waals surface area contributed by atoms with Gasteiger partial charge in [-0.05, 0) is 0 Å². The number of rotatable bonds is 0. The van der Waals surface area contributed by atoms with E-state index in [2.05, 4.69) is 7.26 Å². The van der Waals surface area contributed by atoms with Gasteiger partial charge in [0.25, 0.3) is 0 Å². The summed E-state index contributed by atoms with van der Waals surface area (Å²) in [6.07, 6.45) is 0. The van der Waals surface area contributed by atoms with Crippen molar-refractivity contribution in [3.05, 3.63) is 0 Å². The Morgan fingerprint density at radius 3 is 1.00 bits per heavy atom. The quantitative estimate of drug-likeness (QED) is 0.487. The summed E-state index contributed by atoms with van der Waals surface area (Å²) in [6.45, 7) is 0. The summed E-state index contributed by atoms with van der Waals surface area (Å²) in [5.74, 6) is 0. The van der Waals surface area contributed by atoms with Crippen LogP contribution in [0.1, 0.15) is 0 Å². The standard InChI is InChI=1S/H3N.O6S2/c;1-7(2)5-8(3,4)6-7/h1H3;. The van der Waals surface area contributed by atoms with Crippen molar-refractivity contribution in [1.82, 2.24) is 6.15 Å². The molecule has 1 aliphatic heterocycles. The fourth-order valence-corrected chi connectivity index (χ4v) is 1.88.